The van der Waals surface area contributed by atoms with Crippen molar-refractivity contribution >= 4 is 17.5 Å². The summed E-state index contributed by atoms with van der Waals surface area (Å²) in [6.45, 7) is 25.0. The first kappa shape index (κ1) is 47.7. The largest absolute Gasteiger partial charge is 0.385 e. The standard InChI is InChI=1S/C21H28F2N4O.C10H14O.C3H6O.3C2H6/c1-4-5-19(21(28)26-20-11-27(12-24-20)13(2)3)25-16-7-6-14-8-15(22)9-18(23)17(14)10-16;1-3-10(2,11)9-7-5-4-6-8-9;1-3(2)4;3*1-2/h8-9,11-13,16,19,25H,4-7,10H2,1-3H3,(H,26,28);4-8,11H,3H2,1-2H3;1-2H3;3*1-2H3/t16?,19-;;;;;/m0...../s1. The maximum atomic E-state index is 14.1. The van der Waals surface area contributed by atoms with Crippen molar-refractivity contribution in [2.75, 3.05) is 5.32 Å². The number of amides is 1. The first-order valence-electron chi connectivity index (χ1n) is 18.1. The lowest BCUT2D eigenvalue weighted by atomic mass is 9.87. The second kappa shape index (κ2) is 26.4. The van der Waals surface area contributed by atoms with E-state index in [2.05, 4.69) is 15.6 Å². The number of ketones is 1. The fourth-order valence-electron chi connectivity index (χ4n) is 4.69. The van der Waals surface area contributed by atoms with E-state index in [0.717, 1.165) is 36.5 Å². The van der Waals surface area contributed by atoms with Gasteiger partial charge >= 0.3 is 0 Å². The quantitative estimate of drug-likeness (QED) is 0.208. The van der Waals surface area contributed by atoms with Crippen molar-refractivity contribution in [2.45, 2.75) is 152 Å². The van der Waals surface area contributed by atoms with Crippen LogP contribution in [-0.2, 0) is 28.0 Å². The molecule has 0 saturated carbocycles. The van der Waals surface area contributed by atoms with Gasteiger partial charge in [-0.25, -0.2) is 13.8 Å². The van der Waals surface area contributed by atoms with Crippen LogP contribution in [0.25, 0.3) is 0 Å². The van der Waals surface area contributed by atoms with E-state index in [1.54, 1.807) is 6.33 Å². The first-order chi connectivity index (χ1) is 23.3. The molecule has 1 aromatic heterocycles. The number of aromatic nitrogens is 2. The topological polar surface area (TPSA) is 96.3 Å². The molecule has 4 rings (SSSR count). The smallest absolute Gasteiger partial charge is 0.242 e. The Hall–Kier alpha value is -3.43. The molecular weight excluding hydrogens is 622 g/mol. The zero-order valence-corrected chi connectivity index (χ0v) is 32.6. The Kier molecular flexibility index (Phi) is 25.7. The second-order valence-electron chi connectivity index (χ2n) is 11.7. The lowest BCUT2D eigenvalue weighted by Gasteiger charge is -2.29. The van der Waals surface area contributed by atoms with Gasteiger partial charge in [0.25, 0.3) is 0 Å². The molecule has 2 aromatic carbocycles. The number of anilines is 1. The van der Waals surface area contributed by atoms with Crippen molar-refractivity contribution < 1.29 is 23.5 Å². The van der Waals surface area contributed by atoms with E-state index in [-0.39, 0.29) is 29.8 Å². The van der Waals surface area contributed by atoms with Gasteiger partial charge in [-0.2, -0.15) is 0 Å². The summed E-state index contributed by atoms with van der Waals surface area (Å²) in [6.07, 6.45) is 7.56. The number of fused-ring (bicyclic) bond motifs is 1. The van der Waals surface area contributed by atoms with Crippen LogP contribution < -0.4 is 10.6 Å². The highest BCUT2D eigenvalue weighted by Gasteiger charge is 2.27. The van der Waals surface area contributed by atoms with Crippen LogP contribution in [0.3, 0.4) is 0 Å². The summed E-state index contributed by atoms with van der Waals surface area (Å²) in [4.78, 5) is 26.4. The van der Waals surface area contributed by atoms with Crippen molar-refractivity contribution in [3.63, 3.8) is 0 Å². The summed E-state index contributed by atoms with van der Waals surface area (Å²) in [5.41, 5.74) is 1.60. The van der Waals surface area contributed by atoms with Gasteiger partial charge in [0, 0.05) is 24.3 Å². The molecule has 1 aliphatic rings. The second-order valence-corrected chi connectivity index (χ2v) is 11.7. The maximum absolute atomic E-state index is 14.1. The van der Waals surface area contributed by atoms with E-state index in [4.69, 9.17) is 0 Å². The molecule has 2 unspecified atom stereocenters. The predicted molar refractivity (Wildman–Crippen MR) is 202 cm³/mol. The van der Waals surface area contributed by atoms with Gasteiger partial charge in [-0.05, 0) is 89.5 Å². The molecule has 1 aliphatic carbocycles. The minimum atomic E-state index is -0.665. The number of Topliss-reactive ketones (excluding diaryl/α,β-unsaturated/α-hetero) is 1. The van der Waals surface area contributed by atoms with Crippen molar-refractivity contribution in [3.8, 4) is 0 Å². The van der Waals surface area contributed by atoms with E-state index in [9.17, 15) is 23.5 Å². The third-order valence-electron chi connectivity index (χ3n) is 7.33. The molecule has 0 fully saturated rings. The Bertz CT molecular complexity index is 1310. The van der Waals surface area contributed by atoms with Gasteiger partial charge in [-0.15, -0.1) is 0 Å². The van der Waals surface area contributed by atoms with Gasteiger partial charge in [0.15, 0.2) is 5.82 Å². The number of hydrogen-bond donors (Lipinski definition) is 3. The zero-order valence-electron chi connectivity index (χ0n) is 32.6. The molecule has 9 heteroatoms. The van der Waals surface area contributed by atoms with Crippen LogP contribution in [0.4, 0.5) is 14.6 Å². The lowest BCUT2D eigenvalue weighted by Crippen LogP contribution is -2.48. The molecule has 0 spiro atoms. The van der Waals surface area contributed by atoms with Crippen molar-refractivity contribution in [1.29, 1.82) is 0 Å². The normalized spacial score (nSPS) is 14.4. The number of aliphatic hydroxyl groups is 1. The molecule has 0 radical (unpaired) electrons. The lowest BCUT2D eigenvalue weighted by molar-refractivity contribution is -0.118. The number of rotatable bonds is 9. The van der Waals surface area contributed by atoms with Crippen molar-refractivity contribution in [1.82, 2.24) is 14.9 Å². The molecular formula is C40H66F2N4O3. The molecule has 49 heavy (non-hydrogen) atoms. The van der Waals surface area contributed by atoms with Crippen LogP contribution in [0, 0.1) is 11.6 Å². The number of hydrogen-bond acceptors (Lipinski definition) is 5. The number of aryl methyl sites for hydroxylation is 1. The van der Waals surface area contributed by atoms with Gasteiger partial charge in [0.05, 0.1) is 18.0 Å². The molecule has 0 bridgehead atoms. The van der Waals surface area contributed by atoms with E-state index in [0.29, 0.717) is 30.6 Å². The third kappa shape index (κ3) is 18.2. The average molecular weight is 689 g/mol. The number of carbonyl (C=O) groups is 2. The summed E-state index contributed by atoms with van der Waals surface area (Å²) in [6, 6.07) is 11.9. The molecule has 278 valence electrons. The maximum Gasteiger partial charge on any atom is 0.242 e. The molecule has 1 heterocycles. The molecule has 7 nitrogen and oxygen atoms in total. The van der Waals surface area contributed by atoms with Gasteiger partial charge in [0.2, 0.25) is 5.91 Å². The summed E-state index contributed by atoms with van der Waals surface area (Å²) in [5, 5.41) is 16.0. The zero-order chi connectivity index (χ0) is 38.2. The SMILES string of the molecule is CC.CC.CC.CC(C)=O.CCC(C)(O)c1ccccc1.CCC[C@H](NC1CCc2cc(F)cc(F)c2C1)C(=O)Nc1cn(C(C)C)cn1. The molecule has 3 aromatic rings. The average Bonchev–Trinajstić information content (AvgIpc) is 3.57. The van der Waals surface area contributed by atoms with Crippen molar-refractivity contribution in [3.05, 3.63) is 83.3 Å². The fourth-order valence-corrected chi connectivity index (χ4v) is 4.69. The molecule has 3 atom stereocenters. The number of nitrogens with zero attached hydrogens (tertiary/aromatic N) is 2. The van der Waals surface area contributed by atoms with E-state index < -0.39 is 17.2 Å². The monoisotopic (exact) mass is 689 g/mol. The first-order valence-corrected chi connectivity index (χ1v) is 18.1. The highest BCUT2D eigenvalue weighted by molar-refractivity contribution is 5.94. The van der Waals surface area contributed by atoms with Gasteiger partial charge < -0.3 is 25.1 Å². The third-order valence-corrected chi connectivity index (χ3v) is 7.33. The molecule has 0 saturated heterocycles. The number of carbonyl (C=O) groups excluding carboxylic acids is 2. The molecule has 0 aliphatic heterocycles. The Morgan fingerprint density at radius 2 is 1.59 bits per heavy atom. The van der Waals surface area contributed by atoms with Crippen LogP contribution >= 0.6 is 0 Å². The highest BCUT2D eigenvalue weighted by atomic mass is 19.1. The molecule has 3 N–H and O–H groups in total. The van der Waals surface area contributed by atoms with Crippen LogP contribution in [0.1, 0.15) is 138 Å². The number of imidazole rings is 1. The summed E-state index contributed by atoms with van der Waals surface area (Å²) in [7, 11) is 0. The van der Waals surface area contributed by atoms with E-state index >= 15 is 0 Å². The van der Waals surface area contributed by atoms with Crippen LogP contribution in [0.5, 0.6) is 0 Å². The summed E-state index contributed by atoms with van der Waals surface area (Å²) < 4.78 is 29.5. The number of benzene rings is 2. The van der Waals surface area contributed by atoms with Gasteiger partial charge in [-0.3, -0.25) is 4.79 Å². The van der Waals surface area contributed by atoms with Crippen LogP contribution in [0.15, 0.2) is 55.0 Å². The number of halogens is 2. The fraction of sp³-hybridized carbons (Fsp3) is 0.575. The Labute approximate surface area is 296 Å². The van der Waals surface area contributed by atoms with E-state index in [1.807, 2.05) is 117 Å². The highest BCUT2D eigenvalue weighted by Crippen LogP contribution is 2.26. The Morgan fingerprint density at radius 1 is 1.02 bits per heavy atom. The van der Waals surface area contributed by atoms with Crippen LogP contribution in [0.2, 0.25) is 0 Å². The van der Waals surface area contributed by atoms with Crippen LogP contribution in [-0.4, -0.2) is 38.4 Å². The molecule has 1 amide bonds. The Morgan fingerprint density at radius 3 is 2.08 bits per heavy atom. The minimum Gasteiger partial charge on any atom is -0.385 e. The number of nitrogens with one attached hydrogen (secondary N) is 2. The van der Waals surface area contributed by atoms with E-state index in [1.165, 1.54) is 19.9 Å². The predicted octanol–water partition coefficient (Wildman–Crippen LogP) is 9.97. The Balaban J connectivity index is 0. The van der Waals surface area contributed by atoms with Gasteiger partial charge in [-0.1, -0.05) is 92.1 Å². The van der Waals surface area contributed by atoms with Crippen molar-refractivity contribution in [2.24, 2.45) is 0 Å². The summed E-state index contributed by atoms with van der Waals surface area (Å²) >= 11 is 0. The summed E-state index contributed by atoms with van der Waals surface area (Å²) in [5.74, 6) is -0.484. The van der Waals surface area contributed by atoms with Gasteiger partial charge in [0.1, 0.15) is 17.4 Å². The minimum absolute atomic E-state index is 0.0250.